The van der Waals surface area contributed by atoms with Crippen molar-refractivity contribution in [2.24, 2.45) is 0 Å². The quantitative estimate of drug-likeness (QED) is 0.835. The summed E-state index contributed by atoms with van der Waals surface area (Å²) < 4.78 is 10.7. The number of carbonyl (C=O) groups is 2. The topological polar surface area (TPSA) is 88.8 Å². The van der Waals surface area contributed by atoms with Crippen molar-refractivity contribution in [2.75, 3.05) is 11.9 Å². The molecule has 0 fully saturated rings. The average Bonchev–Trinajstić information content (AvgIpc) is 2.95. The number of hydrogen-bond donors (Lipinski definition) is 2. The predicted molar refractivity (Wildman–Crippen MR) is 85.6 cm³/mol. The Morgan fingerprint density at radius 1 is 1.30 bits per heavy atom. The highest BCUT2D eigenvalue weighted by Crippen LogP contribution is 2.29. The molecule has 23 heavy (non-hydrogen) atoms. The molecule has 0 spiro atoms. The first-order chi connectivity index (χ1) is 11.0. The highest BCUT2D eigenvalue weighted by atomic mass is 35.5. The minimum atomic E-state index is -1.13. The number of hydrogen-bond acceptors (Lipinski definition) is 4. The van der Waals surface area contributed by atoms with Crippen LogP contribution in [0.1, 0.15) is 40.5 Å². The molecule has 0 saturated heterocycles. The zero-order valence-electron chi connectivity index (χ0n) is 12.7. The number of aryl methyl sites for hydroxylation is 1. The molecule has 1 heterocycles. The summed E-state index contributed by atoms with van der Waals surface area (Å²) in [6.45, 7) is 3.97. The maximum atomic E-state index is 12.3. The first-order valence-corrected chi connectivity index (χ1v) is 7.43. The lowest BCUT2D eigenvalue weighted by atomic mass is 10.2. The molecule has 0 radical (unpaired) electrons. The van der Waals surface area contributed by atoms with E-state index in [1.165, 1.54) is 6.07 Å². The van der Waals surface area contributed by atoms with Crippen LogP contribution in [0.5, 0.6) is 5.75 Å². The van der Waals surface area contributed by atoms with E-state index in [9.17, 15) is 9.59 Å². The number of carboxylic acids is 1. The van der Waals surface area contributed by atoms with Gasteiger partial charge in [-0.1, -0.05) is 18.5 Å². The summed E-state index contributed by atoms with van der Waals surface area (Å²) in [5, 5.41) is 12.2. The second kappa shape index (κ2) is 7.19. The van der Waals surface area contributed by atoms with Crippen molar-refractivity contribution < 1.29 is 23.8 Å². The molecule has 2 aromatic rings. The molecule has 0 aliphatic carbocycles. The summed E-state index contributed by atoms with van der Waals surface area (Å²) in [7, 11) is 0. The normalized spacial score (nSPS) is 10.4. The van der Waals surface area contributed by atoms with Crippen molar-refractivity contribution in [3.8, 4) is 5.75 Å². The zero-order chi connectivity index (χ0) is 17.0. The largest absolute Gasteiger partial charge is 0.492 e. The molecule has 1 amide bonds. The van der Waals surface area contributed by atoms with E-state index in [2.05, 4.69) is 5.32 Å². The van der Waals surface area contributed by atoms with Gasteiger partial charge in [0.25, 0.3) is 5.91 Å². The number of aromatic carboxylic acids is 1. The number of carbonyl (C=O) groups excluding carboxylic acids is 1. The van der Waals surface area contributed by atoms with Crippen LogP contribution in [0.15, 0.2) is 28.7 Å². The van der Waals surface area contributed by atoms with Gasteiger partial charge in [0.2, 0.25) is 0 Å². The minimum absolute atomic E-state index is 0.0150. The van der Waals surface area contributed by atoms with Crippen molar-refractivity contribution >= 4 is 29.2 Å². The second-order valence-corrected chi connectivity index (χ2v) is 5.07. The van der Waals surface area contributed by atoms with Gasteiger partial charge in [-0.05, 0) is 19.1 Å². The van der Waals surface area contributed by atoms with E-state index in [0.717, 1.165) is 0 Å². The van der Waals surface area contributed by atoms with E-state index in [-0.39, 0.29) is 17.1 Å². The number of anilines is 1. The fourth-order valence-corrected chi connectivity index (χ4v) is 2.20. The molecule has 2 N–H and O–H groups in total. The van der Waals surface area contributed by atoms with E-state index in [1.54, 1.807) is 25.1 Å². The Morgan fingerprint density at radius 3 is 2.61 bits per heavy atom. The summed E-state index contributed by atoms with van der Waals surface area (Å²) in [5.74, 6) is -1.09. The van der Waals surface area contributed by atoms with Gasteiger partial charge >= 0.3 is 5.97 Å². The molecule has 0 bridgehead atoms. The highest BCUT2D eigenvalue weighted by Gasteiger charge is 2.21. The Hall–Kier alpha value is -2.47. The van der Waals surface area contributed by atoms with E-state index in [0.29, 0.717) is 29.5 Å². The number of amides is 1. The van der Waals surface area contributed by atoms with Gasteiger partial charge in [-0.3, -0.25) is 4.79 Å². The van der Waals surface area contributed by atoms with Gasteiger partial charge in [-0.2, -0.15) is 0 Å². The summed E-state index contributed by atoms with van der Waals surface area (Å²) in [5.41, 5.74) is 0.409. The average molecular weight is 338 g/mol. The van der Waals surface area contributed by atoms with Crippen molar-refractivity contribution in [3.63, 3.8) is 0 Å². The summed E-state index contributed by atoms with van der Waals surface area (Å²) in [4.78, 5) is 23.4. The van der Waals surface area contributed by atoms with Crippen LogP contribution in [0, 0.1) is 0 Å². The minimum Gasteiger partial charge on any atom is -0.492 e. The number of ether oxygens (including phenoxy) is 1. The molecule has 122 valence electrons. The van der Waals surface area contributed by atoms with Crippen molar-refractivity contribution in [3.05, 3.63) is 46.4 Å². The van der Waals surface area contributed by atoms with E-state index < -0.39 is 11.9 Å². The molecule has 0 aliphatic rings. The summed E-state index contributed by atoms with van der Waals surface area (Å²) in [6.07, 6.45) is 0.375. The number of rotatable bonds is 6. The number of furan rings is 1. The Morgan fingerprint density at radius 2 is 2.04 bits per heavy atom. The van der Waals surface area contributed by atoms with Gasteiger partial charge in [0.05, 0.1) is 12.3 Å². The smallest absolute Gasteiger partial charge is 0.339 e. The van der Waals surface area contributed by atoms with Gasteiger partial charge < -0.3 is 19.6 Å². The van der Waals surface area contributed by atoms with Crippen LogP contribution < -0.4 is 10.1 Å². The van der Waals surface area contributed by atoms with Gasteiger partial charge in [-0.15, -0.1) is 0 Å². The Kier molecular flexibility index (Phi) is 5.28. The van der Waals surface area contributed by atoms with Crippen LogP contribution in [-0.4, -0.2) is 23.6 Å². The Labute approximate surface area is 138 Å². The van der Waals surface area contributed by atoms with E-state index >= 15 is 0 Å². The number of carboxylic acid groups (broad SMARTS) is 1. The van der Waals surface area contributed by atoms with Crippen molar-refractivity contribution in [1.29, 1.82) is 0 Å². The fraction of sp³-hybridized carbons (Fsp3) is 0.250. The van der Waals surface area contributed by atoms with Crippen LogP contribution >= 0.6 is 11.6 Å². The molecule has 0 aliphatic heterocycles. The Balaban J connectivity index is 2.27. The van der Waals surface area contributed by atoms with Crippen LogP contribution in [0.25, 0.3) is 0 Å². The zero-order valence-corrected chi connectivity index (χ0v) is 13.4. The maximum Gasteiger partial charge on any atom is 0.339 e. The lowest BCUT2D eigenvalue weighted by molar-refractivity contribution is 0.0694. The van der Waals surface area contributed by atoms with Gasteiger partial charge in [-0.25, -0.2) is 4.79 Å². The van der Waals surface area contributed by atoms with Crippen LogP contribution in [0.3, 0.4) is 0 Å². The molecule has 2 rings (SSSR count). The fourth-order valence-electron chi connectivity index (χ4n) is 2.04. The monoisotopic (exact) mass is 337 g/mol. The van der Waals surface area contributed by atoms with Gasteiger partial charge in [0.15, 0.2) is 5.76 Å². The molecule has 1 aromatic carbocycles. The first kappa shape index (κ1) is 16.9. The lowest BCUT2D eigenvalue weighted by Gasteiger charge is -2.11. The third-order valence-electron chi connectivity index (χ3n) is 3.08. The molecular formula is C16H16ClNO5. The van der Waals surface area contributed by atoms with E-state index in [4.69, 9.17) is 25.9 Å². The third-order valence-corrected chi connectivity index (χ3v) is 3.31. The van der Waals surface area contributed by atoms with Crippen molar-refractivity contribution in [1.82, 2.24) is 0 Å². The maximum absolute atomic E-state index is 12.3. The molecular weight excluding hydrogens is 322 g/mol. The third kappa shape index (κ3) is 3.84. The predicted octanol–water partition coefficient (Wildman–Crippen LogP) is 3.84. The van der Waals surface area contributed by atoms with Crippen LogP contribution in [-0.2, 0) is 6.42 Å². The molecule has 0 unspecified atom stereocenters. The molecule has 1 aromatic heterocycles. The summed E-state index contributed by atoms with van der Waals surface area (Å²) >= 11 is 5.91. The van der Waals surface area contributed by atoms with Crippen molar-refractivity contribution in [2.45, 2.75) is 20.3 Å². The van der Waals surface area contributed by atoms with Crippen LogP contribution in [0.4, 0.5) is 5.69 Å². The number of benzene rings is 1. The molecule has 6 nitrogen and oxygen atoms in total. The SMILES string of the molecule is CCOc1cc(Cl)ccc1NC(=O)c1cc(C(=O)O)c(CC)o1. The first-order valence-electron chi connectivity index (χ1n) is 7.06. The number of halogens is 1. The Bertz CT molecular complexity index is 738. The highest BCUT2D eigenvalue weighted by molar-refractivity contribution is 6.30. The molecule has 0 atom stereocenters. The van der Waals surface area contributed by atoms with E-state index in [1.807, 2.05) is 6.92 Å². The van der Waals surface area contributed by atoms with Gasteiger partial charge in [0.1, 0.15) is 17.1 Å². The lowest BCUT2D eigenvalue weighted by Crippen LogP contribution is -2.12. The summed E-state index contributed by atoms with van der Waals surface area (Å²) in [6, 6.07) is 6.02. The van der Waals surface area contributed by atoms with Gasteiger partial charge in [0, 0.05) is 23.6 Å². The molecule has 7 heteroatoms. The standard InChI is InChI=1S/C16H16ClNO5/c1-3-12-10(16(20)21)8-14(23-12)15(19)18-11-6-5-9(17)7-13(11)22-4-2/h5-8H,3-4H2,1-2H3,(H,18,19)(H,20,21). The van der Waals surface area contributed by atoms with Crippen LogP contribution in [0.2, 0.25) is 5.02 Å². The molecule has 0 saturated carbocycles. The second-order valence-electron chi connectivity index (χ2n) is 4.63. The number of nitrogens with one attached hydrogen (secondary N) is 1.